The van der Waals surface area contributed by atoms with Crippen molar-refractivity contribution in [2.75, 3.05) is 26.2 Å². The van der Waals surface area contributed by atoms with Gasteiger partial charge in [0.2, 0.25) is 0 Å². The molecule has 1 aliphatic heterocycles. The van der Waals surface area contributed by atoms with E-state index in [0.29, 0.717) is 12.1 Å². The first kappa shape index (κ1) is 16.2. The Morgan fingerprint density at radius 2 is 1.79 bits per heavy atom. The first-order valence-electron chi connectivity index (χ1n) is 9.46. The van der Waals surface area contributed by atoms with Gasteiger partial charge in [0, 0.05) is 49.7 Å². The number of aryl methyl sites for hydroxylation is 1. The molecule has 1 aromatic heterocycles. The van der Waals surface area contributed by atoms with Gasteiger partial charge in [-0.25, -0.2) is 0 Å². The van der Waals surface area contributed by atoms with Crippen LogP contribution >= 0.6 is 0 Å². The number of amides is 1. The van der Waals surface area contributed by atoms with Gasteiger partial charge in [0.15, 0.2) is 0 Å². The predicted molar refractivity (Wildman–Crippen MR) is 93.3 cm³/mol. The number of piperazine rings is 1. The van der Waals surface area contributed by atoms with Gasteiger partial charge in [0.1, 0.15) is 0 Å². The highest BCUT2D eigenvalue weighted by molar-refractivity contribution is 5.95. The number of rotatable bonds is 3. The summed E-state index contributed by atoms with van der Waals surface area (Å²) in [5, 5.41) is 10.1. The maximum atomic E-state index is 13.0. The molecule has 1 amide bonds. The van der Waals surface area contributed by atoms with Crippen molar-refractivity contribution in [3.8, 4) is 0 Å². The highest BCUT2D eigenvalue weighted by atomic mass is 16.3. The standard InChI is InChI=1S/C19H29N3O2/c1-13-12-16(14(2)22(13)15-6-7-15)19(24)21-10-8-20(9-11-21)17-4-3-5-18(17)23/h12,15,17-18,23H,3-11H2,1-2H3. The van der Waals surface area contributed by atoms with Crippen LogP contribution in [0.4, 0.5) is 0 Å². The second-order valence-electron chi connectivity index (χ2n) is 7.78. The average Bonchev–Trinajstić information content (AvgIpc) is 3.24. The van der Waals surface area contributed by atoms with Gasteiger partial charge in [-0.2, -0.15) is 0 Å². The number of nitrogens with zero attached hydrogens (tertiary/aromatic N) is 3. The van der Waals surface area contributed by atoms with Gasteiger partial charge in [0.05, 0.1) is 11.7 Å². The average molecular weight is 331 g/mol. The number of carbonyl (C=O) groups excluding carboxylic acids is 1. The van der Waals surface area contributed by atoms with Crippen molar-refractivity contribution in [2.24, 2.45) is 0 Å². The van der Waals surface area contributed by atoms with E-state index in [4.69, 9.17) is 0 Å². The van der Waals surface area contributed by atoms with E-state index in [1.807, 2.05) is 4.90 Å². The van der Waals surface area contributed by atoms with Crippen LogP contribution < -0.4 is 0 Å². The Hall–Kier alpha value is -1.33. The molecule has 2 saturated carbocycles. The molecule has 24 heavy (non-hydrogen) atoms. The topological polar surface area (TPSA) is 48.7 Å². The van der Waals surface area contributed by atoms with Gasteiger partial charge in [-0.3, -0.25) is 9.69 Å². The third kappa shape index (κ3) is 2.78. The van der Waals surface area contributed by atoms with Crippen LogP contribution in [0.5, 0.6) is 0 Å². The highest BCUT2D eigenvalue weighted by Gasteiger charge is 2.34. The molecule has 1 saturated heterocycles. The van der Waals surface area contributed by atoms with E-state index >= 15 is 0 Å². The second kappa shape index (κ2) is 6.19. The van der Waals surface area contributed by atoms with Crippen LogP contribution in [0.1, 0.15) is 59.9 Å². The van der Waals surface area contributed by atoms with Crippen LogP contribution in [-0.2, 0) is 0 Å². The molecule has 0 spiro atoms. The van der Waals surface area contributed by atoms with Crippen molar-refractivity contribution in [3.05, 3.63) is 23.0 Å². The molecule has 4 rings (SSSR count). The van der Waals surface area contributed by atoms with Gasteiger partial charge >= 0.3 is 0 Å². The minimum atomic E-state index is -0.176. The van der Waals surface area contributed by atoms with Crippen LogP contribution in [0.15, 0.2) is 6.07 Å². The van der Waals surface area contributed by atoms with E-state index in [2.05, 4.69) is 29.4 Å². The van der Waals surface area contributed by atoms with Gasteiger partial charge in [-0.1, -0.05) is 0 Å². The molecule has 1 N–H and O–H groups in total. The fraction of sp³-hybridized carbons (Fsp3) is 0.737. The lowest BCUT2D eigenvalue weighted by atomic mass is 10.1. The Balaban J connectivity index is 1.42. The van der Waals surface area contributed by atoms with Crippen LogP contribution in [0.2, 0.25) is 0 Å². The molecule has 5 heteroatoms. The van der Waals surface area contributed by atoms with Crippen molar-refractivity contribution in [3.63, 3.8) is 0 Å². The first-order chi connectivity index (χ1) is 11.6. The smallest absolute Gasteiger partial charge is 0.255 e. The summed E-state index contributed by atoms with van der Waals surface area (Å²) in [6.45, 7) is 7.51. The highest BCUT2D eigenvalue weighted by Crippen LogP contribution is 2.38. The van der Waals surface area contributed by atoms with Crippen molar-refractivity contribution >= 4 is 5.91 Å². The van der Waals surface area contributed by atoms with E-state index in [0.717, 1.165) is 56.7 Å². The Kier molecular flexibility index (Phi) is 4.17. The van der Waals surface area contributed by atoms with Gasteiger partial charge in [0.25, 0.3) is 5.91 Å². The molecule has 0 bridgehead atoms. The summed E-state index contributed by atoms with van der Waals surface area (Å²) in [7, 11) is 0. The maximum Gasteiger partial charge on any atom is 0.255 e. The molecular weight excluding hydrogens is 302 g/mol. The molecule has 5 nitrogen and oxygen atoms in total. The molecule has 132 valence electrons. The quantitative estimate of drug-likeness (QED) is 0.923. The Labute approximate surface area is 144 Å². The van der Waals surface area contributed by atoms with Gasteiger partial charge in [-0.05, 0) is 52.0 Å². The van der Waals surface area contributed by atoms with Gasteiger partial charge < -0.3 is 14.6 Å². The number of hydrogen-bond acceptors (Lipinski definition) is 3. The zero-order valence-electron chi connectivity index (χ0n) is 14.9. The summed E-state index contributed by atoms with van der Waals surface area (Å²) in [6, 6.07) is 3.00. The lowest BCUT2D eigenvalue weighted by molar-refractivity contribution is 0.0315. The Morgan fingerprint density at radius 3 is 2.38 bits per heavy atom. The SMILES string of the molecule is Cc1cc(C(=O)N2CCN(C3CCCC3O)CC2)c(C)n1C1CC1. The number of aliphatic hydroxyl groups excluding tert-OH is 1. The van der Waals surface area contributed by atoms with E-state index in [-0.39, 0.29) is 12.0 Å². The minimum Gasteiger partial charge on any atom is -0.391 e. The maximum absolute atomic E-state index is 13.0. The number of aliphatic hydroxyl groups is 1. The zero-order chi connectivity index (χ0) is 16.8. The molecule has 3 aliphatic rings. The number of hydrogen-bond donors (Lipinski definition) is 1. The normalized spacial score (nSPS) is 28.5. The van der Waals surface area contributed by atoms with Crippen LogP contribution in [-0.4, -0.2) is 63.7 Å². The number of carbonyl (C=O) groups is 1. The first-order valence-corrected chi connectivity index (χ1v) is 9.46. The molecule has 2 heterocycles. The summed E-state index contributed by atoms with van der Waals surface area (Å²) in [5.41, 5.74) is 3.23. The summed E-state index contributed by atoms with van der Waals surface area (Å²) in [6.07, 6.45) is 5.45. The van der Waals surface area contributed by atoms with E-state index < -0.39 is 0 Å². The van der Waals surface area contributed by atoms with Crippen molar-refractivity contribution < 1.29 is 9.90 Å². The predicted octanol–water partition coefficient (Wildman–Crippen LogP) is 2.11. The van der Waals surface area contributed by atoms with E-state index in [1.165, 1.54) is 18.5 Å². The van der Waals surface area contributed by atoms with Crippen molar-refractivity contribution in [2.45, 2.75) is 64.1 Å². The molecule has 0 radical (unpaired) electrons. The third-order valence-electron chi connectivity index (χ3n) is 6.14. The fourth-order valence-corrected chi connectivity index (χ4v) is 4.66. The molecule has 2 aliphatic carbocycles. The fourth-order valence-electron chi connectivity index (χ4n) is 4.66. The second-order valence-corrected chi connectivity index (χ2v) is 7.78. The Bertz CT molecular complexity index is 627. The molecule has 1 aromatic rings. The molecule has 2 unspecified atom stereocenters. The van der Waals surface area contributed by atoms with Crippen LogP contribution in [0.25, 0.3) is 0 Å². The minimum absolute atomic E-state index is 0.176. The zero-order valence-corrected chi connectivity index (χ0v) is 14.9. The number of aromatic nitrogens is 1. The van der Waals surface area contributed by atoms with Crippen molar-refractivity contribution in [1.82, 2.24) is 14.4 Å². The lowest BCUT2D eigenvalue weighted by Gasteiger charge is -2.39. The van der Waals surface area contributed by atoms with E-state index in [1.54, 1.807) is 0 Å². The molecular formula is C19H29N3O2. The molecule has 3 fully saturated rings. The van der Waals surface area contributed by atoms with Crippen molar-refractivity contribution in [1.29, 1.82) is 0 Å². The van der Waals surface area contributed by atoms with Crippen LogP contribution in [0.3, 0.4) is 0 Å². The summed E-state index contributed by atoms with van der Waals surface area (Å²) in [4.78, 5) is 17.3. The summed E-state index contributed by atoms with van der Waals surface area (Å²) >= 11 is 0. The monoisotopic (exact) mass is 331 g/mol. The lowest BCUT2D eigenvalue weighted by Crippen LogP contribution is -2.53. The van der Waals surface area contributed by atoms with E-state index in [9.17, 15) is 9.90 Å². The summed E-state index contributed by atoms with van der Waals surface area (Å²) in [5.74, 6) is 0.182. The molecule has 0 aromatic carbocycles. The molecule has 2 atom stereocenters. The third-order valence-corrected chi connectivity index (χ3v) is 6.14. The van der Waals surface area contributed by atoms with Crippen LogP contribution in [0, 0.1) is 13.8 Å². The Morgan fingerprint density at radius 1 is 1.08 bits per heavy atom. The summed E-state index contributed by atoms with van der Waals surface area (Å²) < 4.78 is 2.35. The largest absolute Gasteiger partial charge is 0.391 e. The van der Waals surface area contributed by atoms with Gasteiger partial charge in [-0.15, -0.1) is 0 Å².